The highest BCUT2D eigenvalue weighted by molar-refractivity contribution is 6.99. The minimum Gasteiger partial charge on any atom is -0.401 e. The van der Waals surface area contributed by atoms with E-state index in [1.54, 1.807) is 0 Å². The quantitative estimate of drug-likeness (QED) is 0.417. The first-order valence-corrected chi connectivity index (χ1v) is 14.3. The maximum absolute atomic E-state index is 7.07. The van der Waals surface area contributed by atoms with Crippen LogP contribution in [0.5, 0.6) is 0 Å². The number of nitrogens with zero attached hydrogens (tertiary/aromatic N) is 2. The lowest BCUT2D eigenvalue weighted by atomic mass is 9.79. The van der Waals surface area contributed by atoms with Gasteiger partial charge in [0.15, 0.2) is 0 Å². The van der Waals surface area contributed by atoms with Crippen LogP contribution in [-0.2, 0) is 15.8 Å². The molecule has 0 aliphatic heterocycles. The van der Waals surface area contributed by atoms with E-state index >= 15 is 0 Å². The van der Waals surface area contributed by atoms with Crippen LogP contribution in [0.15, 0.2) is 72.9 Å². The zero-order chi connectivity index (χ0) is 24.2. The van der Waals surface area contributed by atoms with Gasteiger partial charge < -0.3 is 9.16 Å². The molecule has 5 heteroatoms. The maximum atomic E-state index is 7.07. The summed E-state index contributed by atoms with van der Waals surface area (Å²) in [6, 6.07) is 23.5. The smallest absolute Gasteiger partial charge is 0.261 e. The molecule has 1 saturated carbocycles. The summed E-state index contributed by atoms with van der Waals surface area (Å²) >= 11 is 0. The van der Waals surface area contributed by atoms with Crippen molar-refractivity contribution in [3.63, 3.8) is 0 Å². The van der Waals surface area contributed by atoms with Gasteiger partial charge in [0.2, 0.25) is 0 Å². The van der Waals surface area contributed by atoms with E-state index in [9.17, 15) is 0 Å². The molecule has 0 radical (unpaired) electrons. The van der Waals surface area contributed by atoms with E-state index in [0.717, 1.165) is 37.2 Å². The van der Waals surface area contributed by atoms with Crippen LogP contribution in [0.3, 0.4) is 0 Å². The molecule has 0 amide bonds. The van der Waals surface area contributed by atoms with Gasteiger partial charge in [0.05, 0.1) is 17.9 Å². The molecule has 2 aromatic carbocycles. The van der Waals surface area contributed by atoms with Crippen molar-refractivity contribution in [3.8, 4) is 0 Å². The molecule has 1 heterocycles. The highest BCUT2D eigenvalue weighted by Gasteiger charge is 2.50. The Labute approximate surface area is 205 Å². The molecule has 0 unspecified atom stereocenters. The third-order valence-electron chi connectivity index (χ3n) is 7.49. The second kappa shape index (κ2) is 10.1. The van der Waals surface area contributed by atoms with Crippen molar-refractivity contribution in [3.05, 3.63) is 84.4 Å². The molecule has 180 valence electrons. The molecular formula is C29H38N2O2Si. The summed E-state index contributed by atoms with van der Waals surface area (Å²) in [5.41, 5.74) is 0.943. The molecule has 0 N–H and O–H groups in total. The SMILES string of the molecule is CO[C@]1(C)CC[C@H](c2nccc(CO[Si](c3ccccc3)(c3ccccc3)C(C)(C)C)n2)CC1. The first kappa shape index (κ1) is 24.8. The normalized spacial score (nSPS) is 21.4. The van der Waals surface area contributed by atoms with Gasteiger partial charge in [-0.15, -0.1) is 0 Å². The molecule has 0 bridgehead atoms. The molecule has 1 aliphatic rings. The van der Waals surface area contributed by atoms with Crippen LogP contribution in [0.1, 0.15) is 70.8 Å². The highest BCUT2D eigenvalue weighted by atomic mass is 28.4. The topological polar surface area (TPSA) is 44.2 Å². The minimum absolute atomic E-state index is 0.0134. The Hall–Kier alpha value is -2.34. The van der Waals surface area contributed by atoms with Gasteiger partial charge in [0.25, 0.3) is 8.32 Å². The molecule has 0 atom stereocenters. The lowest BCUT2D eigenvalue weighted by molar-refractivity contribution is -0.0276. The minimum atomic E-state index is -2.59. The second-order valence-electron chi connectivity index (χ2n) is 10.8. The number of hydrogen-bond acceptors (Lipinski definition) is 4. The van der Waals surface area contributed by atoms with E-state index in [-0.39, 0.29) is 10.6 Å². The Balaban J connectivity index is 1.63. The van der Waals surface area contributed by atoms with E-state index < -0.39 is 8.32 Å². The summed E-state index contributed by atoms with van der Waals surface area (Å²) < 4.78 is 12.8. The third-order valence-corrected chi connectivity index (χ3v) is 12.5. The first-order valence-electron chi connectivity index (χ1n) is 12.4. The second-order valence-corrected chi connectivity index (χ2v) is 15.1. The van der Waals surface area contributed by atoms with Gasteiger partial charge in [-0.05, 0) is 54.1 Å². The van der Waals surface area contributed by atoms with E-state index in [2.05, 4.69) is 93.3 Å². The van der Waals surface area contributed by atoms with Crippen molar-refractivity contribution in [1.29, 1.82) is 0 Å². The molecule has 1 aromatic heterocycles. The van der Waals surface area contributed by atoms with Crippen molar-refractivity contribution in [2.24, 2.45) is 0 Å². The van der Waals surface area contributed by atoms with Gasteiger partial charge in [-0.1, -0.05) is 81.4 Å². The van der Waals surface area contributed by atoms with Crippen LogP contribution in [0.25, 0.3) is 0 Å². The van der Waals surface area contributed by atoms with Crippen molar-refractivity contribution >= 4 is 18.7 Å². The molecule has 4 rings (SSSR count). The molecule has 0 spiro atoms. The van der Waals surface area contributed by atoms with Crippen molar-refractivity contribution in [2.75, 3.05) is 7.11 Å². The summed E-state index contributed by atoms with van der Waals surface area (Å²) in [5, 5.41) is 2.52. The zero-order valence-electron chi connectivity index (χ0n) is 21.3. The number of hydrogen-bond donors (Lipinski definition) is 0. The average Bonchev–Trinajstić information content (AvgIpc) is 2.85. The predicted molar refractivity (Wildman–Crippen MR) is 141 cm³/mol. The summed E-state index contributed by atoms with van der Waals surface area (Å²) in [6.45, 7) is 9.60. The zero-order valence-corrected chi connectivity index (χ0v) is 22.3. The van der Waals surface area contributed by atoms with Crippen LogP contribution in [0.2, 0.25) is 5.04 Å². The van der Waals surface area contributed by atoms with Crippen LogP contribution in [-0.4, -0.2) is 31.0 Å². The van der Waals surface area contributed by atoms with Crippen LogP contribution < -0.4 is 10.4 Å². The third kappa shape index (κ3) is 5.02. The summed E-state index contributed by atoms with van der Waals surface area (Å²) in [7, 11) is -0.771. The van der Waals surface area contributed by atoms with Crippen LogP contribution in [0, 0.1) is 0 Å². The Morgan fingerprint density at radius 3 is 1.97 bits per heavy atom. The fourth-order valence-corrected chi connectivity index (χ4v) is 9.84. The number of ether oxygens (including phenoxy) is 1. The van der Waals surface area contributed by atoms with Gasteiger partial charge in [-0.3, -0.25) is 0 Å². The molecule has 0 saturated heterocycles. The molecule has 1 aliphatic carbocycles. The number of aromatic nitrogens is 2. The summed E-state index contributed by atoms with van der Waals surface area (Å²) in [6.07, 6.45) is 6.10. The van der Waals surface area contributed by atoms with Crippen molar-refractivity contribution in [1.82, 2.24) is 9.97 Å². The monoisotopic (exact) mass is 474 g/mol. The van der Waals surface area contributed by atoms with E-state index in [0.29, 0.717) is 12.5 Å². The van der Waals surface area contributed by atoms with Gasteiger partial charge in [0, 0.05) is 19.2 Å². The molecule has 3 aromatic rings. The van der Waals surface area contributed by atoms with E-state index in [1.165, 1.54) is 10.4 Å². The molecule has 1 fully saturated rings. The van der Waals surface area contributed by atoms with Crippen molar-refractivity contribution < 1.29 is 9.16 Å². The van der Waals surface area contributed by atoms with Crippen molar-refractivity contribution in [2.45, 2.75) is 76.5 Å². The fourth-order valence-electron chi connectivity index (χ4n) is 5.32. The Morgan fingerprint density at radius 1 is 0.912 bits per heavy atom. The van der Waals surface area contributed by atoms with Gasteiger partial charge in [0.1, 0.15) is 5.82 Å². The number of rotatable bonds is 7. The largest absolute Gasteiger partial charge is 0.401 e. The molecular weight excluding hydrogens is 436 g/mol. The average molecular weight is 475 g/mol. The summed E-state index contributed by atoms with van der Waals surface area (Å²) in [5.74, 6) is 1.33. The van der Waals surface area contributed by atoms with E-state index in [1.807, 2.05) is 19.4 Å². The Bertz CT molecular complexity index is 1020. The lowest BCUT2D eigenvalue weighted by Gasteiger charge is -2.43. The van der Waals surface area contributed by atoms with Gasteiger partial charge in [-0.2, -0.15) is 0 Å². The summed E-state index contributed by atoms with van der Waals surface area (Å²) in [4.78, 5) is 9.64. The van der Waals surface area contributed by atoms with Gasteiger partial charge in [-0.25, -0.2) is 9.97 Å². The standard InChI is InChI=1S/C29H38N2O2Si/c1-28(2,3)34(25-12-8-6-9-13-25,26-14-10-7-11-15-26)33-22-24-18-21-30-27(31-24)23-16-19-29(4,32-5)20-17-23/h6-15,18,21,23H,16-17,19-20,22H2,1-5H3/t23-,29+. The van der Waals surface area contributed by atoms with Crippen LogP contribution in [0.4, 0.5) is 0 Å². The first-order chi connectivity index (χ1) is 16.3. The van der Waals surface area contributed by atoms with Gasteiger partial charge >= 0.3 is 0 Å². The maximum Gasteiger partial charge on any atom is 0.261 e. The Kier molecular flexibility index (Phi) is 7.36. The highest BCUT2D eigenvalue weighted by Crippen LogP contribution is 2.39. The predicted octanol–water partition coefficient (Wildman–Crippen LogP) is 5.62. The lowest BCUT2D eigenvalue weighted by Crippen LogP contribution is -2.66. The fraction of sp³-hybridized carbons (Fsp3) is 0.448. The van der Waals surface area contributed by atoms with E-state index in [4.69, 9.17) is 14.1 Å². The Morgan fingerprint density at radius 2 is 1.47 bits per heavy atom. The molecule has 4 nitrogen and oxygen atoms in total. The molecule has 34 heavy (non-hydrogen) atoms. The van der Waals surface area contributed by atoms with Crippen LogP contribution >= 0.6 is 0 Å². The number of benzene rings is 2. The number of methoxy groups -OCH3 is 1.